The Labute approximate surface area is 118 Å². The lowest BCUT2D eigenvalue weighted by molar-refractivity contribution is 0.0433. The molecule has 21 heavy (non-hydrogen) atoms. The van der Waals surface area contributed by atoms with Gasteiger partial charge in [0, 0.05) is 0 Å². The van der Waals surface area contributed by atoms with Crippen LogP contribution in [-0.4, -0.2) is 16.2 Å². The van der Waals surface area contributed by atoms with Gasteiger partial charge in [0.05, 0.1) is 11.8 Å². The molecule has 0 fully saturated rings. The van der Waals surface area contributed by atoms with Gasteiger partial charge in [-0.3, -0.25) is 0 Å². The van der Waals surface area contributed by atoms with Crippen LogP contribution in [0.15, 0.2) is 51.5 Å². The third-order valence-corrected chi connectivity index (χ3v) is 2.62. The molecule has 0 bridgehead atoms. The first-order valence-corrected chi connectivity index (χ1v) is 6.02. The van der Waals surface area contributed by atoms with E-state index in [0.29, 0.717) is 5.76 Å². The molecule has 1 aromatic carbocycles. The standard InChI is InChI=1S/C14H9FN2O4/c15-10-5-2-1-4-9(10)14(18)20-8-12-16-17-13(21-12)11-6-3-7-19-11/h1-7H,8H2. The molecule has 0 saturated carbocycles. The highest BCUT2D eigenvalue weighted by molar-refractivity contribution is 5.89. The van der Waals surface area contributed by atoms with Crippen LogP contribution in [0.3, 0.4) is 0 Å². The summed E-state index contributed by atoms with van der Waals surface area (Å²) >= 11 is 0. The van der Waals surface area contributed by atoms with Gasteiger partial charge in [-0.05, 0) is 24.3 Å². The molecule has 2 aromatic heterocycles. The maximum absolute atomic E-state index is 13.4. The molecule has 0 radical (unpaired) electrons. The maximum atomic E-state index is 13.4. The van der Waals surface area contributed by atoms with E-state index in [0.717, 1.165) is 0 Å². The van der Waals surface area contributed by atoms with Crippen molar-refractivity contribution in [3.8, 4) is 11.7 Å². The summed E-state index contributed by atoms with van der Waals surface area (Å²) in [5.41, 5.74) is -0.150. The minimum Gasteiger partial charge on any atom is -0.459 e. The number of benzene rings is 1. The fourth-order valence-electron chi connectivity index (χ4n) is 1.64. The molecule has 0 unspecified atom stereocenters. The number of hydrogen-bond acceptors (Lipinski definition) is 6. The van der Waals surface area contributed by atoms with E-state index < -0.39 is 11.8 Å². The van der Waals surface area contributed by atoms with E-state index in [2.05, 4.69) is 10.2 Å². The molecule has 0 aliphatic carbocycles. The Hall–Kier alpha value is -2.96. The van der Waals surface area contributed by atoms with Crippen molar-refractivity contribution in [1.82, 2.24) is 10.2 Å². The van der Waals surface area contributed by atoms with Gasteiger partial charge in [0.1, 0.15) is 5.82 Å². The zero-order chi connectivity index (χ0) is 14.7. The highest BCUT2D eigenvalue weighted by Gasteiger charge is 2.15. The molecule has 2 heterocycles. The van der Waals surface area contributed by atoms with Crippen LogP contribution >= 0.6 is 0 Å². The Kier molecular flexibility index (Phi) is 3.46. The number of hydrogen-bond donors (Lipinski definition) is 0. The van der Waals surface area contributed by atoms with Gasteiger partial charge in [-0.25, -0.2) is 9.18 Å². The number of carbonyl (C=O) groups is 1. The Morgan fingerprint density at radius 1 is 1.19 bits per heavy atom. The Morgan fingerprint density at radius 3 is 2.81 bits per heavy atom. The molecule has 0 atom stereocenters. The van der Waals surface area contributed by atoms with Gasteiger partial charge < -0.3 is 13.6 Å². The fourth-order valence-corrected chi connectivity index (χ4v) is 1.64. The number of furan rings is 1. The highest BCUT2D eigenvalue weighted by Crippen LogP contribution is 2.18. The second kappa shape index (κ2) is 5.58. The number of carbonyl (C=O) groups excluding carboxylic acids is 1. The van der Waals surface area contributed by atoms with E-state index in [9.17, 15) is 9.18 Å². The molecule has 3 aromatic rings. The highest BCUT2D eigenvalue weighted by atomic mass is 19.1. The Morgan fingerprint density at radius 2 is 2.05 bits per heavy atom. The summed E-state index contributed by atoms with van der Waals surface area (Å²) in [5.74, 6) is -0.771. The Bertz CT molecular complexity index is 752. The molecule has 0 spiro atoms. The van der Waals surface area contributed by atoms with E-state index in [1.54, 1.807) is 18.2 Å². The number of ether oxygens (including phenoxy) is 1. The monoisotopic (exact) mass is 288 g/mol. The van der Waals surface area contributed by atoms with Crippen LogP contribution in [0.25, 0.3) is 11.7 Å². The van der Waals surface area contributed by atoms with Crippen LogP contribution in [0.1, 0.15) is 16.2 Å². The van der Waals surface area contributed by atoms with Crippen LogP contribution in [0.4, 0.5) is 4.39 Å². The third kappa shape index (κ3) is 2.81. The number of rotatable bonds is 4. The van der Waals surface area contributed by atoms with E-state index >= 15 is 0 Å². The van der Waals surface area contributed by atoms with Gasteiger partial charge >= 0.3 is 5.97 Å². The van der Waals surface area contributed by atoms with Crippen LogP contribution in [0, 0.1) is 5.82 Å². The SMILES string of the molecule is O=C(OCc1nnc(-c2ccco2)o1)c1ccccc1F. The topological polar surface area (TPSA) is 78.4 Å². The molecule has 0 saturated heterocycles. The summed E-state index contributed by atoms with van der Waals surface area (Å²) in [6.07, 6.45) is 1.47. The zero-order valence-electron chi connectivity index (χ0n) is 10.7. The largest absolute Gasteiger partial charge is 0.459 e. The van der Waals surface area contributed by atoms with Crippen molar-refractivity contribution in [2.45, 2.75) is 6.61 Å². The molecular weight excluding hydrogens is 279 g/mol. The molecule has 106 valence electrons. The van der Waals surface area contributed by atoms with Gasteiger partial charge in [0.15, 0.2) is 12.4 Å². The minimum absolute atomic E-state index is 0.0890. The average Bonchev–Trinajstić information content (AvgIpc) is 3.16. The molecular formula is C14H9FN2O4. The number of nitrogens with zero attached hydrogens (tertiary/aromatic N) is 2. The number of halogens is 1. The fraction of sp³-hybridized carbons (Fsp3) is 0.0714. The molecule has 0 aliphatic heterocycles. The van der Waals surface area contributed by atoms with Gasteiger partial charge in [-0.1, -0.05) is 12.1 Å². The number of aromatic nitrogens is 2. The van der Waals surface area contributed by atoms with Crippen molar-refractivity contribution in [2.24, 2.45) is 0 Å². The summed E-state index contributed by atoms with van der Waals surface area (Å²) in [7, 11) is 0. The second-order valence-electron chi connectivity index (χ2n) is 4.03. The first-order valence-electron chi connectivity index (χ1n) is 6.02. The van der Waals surface area contributed by atoms with Crippen LogP contribution in [-0.2, 0) is 11.3 Å². The van der Waals surface area contributed by atoms with E-state index in [1.165, 1.54) is 24.5 Å². The van der Waals surface area contributed by atoms with Crippen molar-refractivity contribution in [3.63, 3.8) is 0 Å². The summed E-state index contributed by atoms with van der Waals surface area (Å²) in [6, 6.07) is 8.87. The summed E-state index contributed by atoms with van der Waals surface area (Å²) in [5, 5.41) is 7.46. The Balaban J connectivity index is 1.66. The van der Waals surface area contributed by atoms with Crippen LogP contribution in [0.5, 0.6) is 0 Å². The predicted octanol–water partition coefficient (Wildman–Crippen LogP) is 2.83. The maximum Gasteiger partial charge on any atom is 0.341 e. The average molecular weight is 288 g/mol. The van der Waals surface area contributed by atoms with Crippen LogP contribution < -0.4 is 0 Å². The molecule has 3 rings (SSSR count). The van der Waals surface area contributed by atoms with Gasteiger partial charge in [0.25, 0.3) is 11.8 Å². The molecule has 0 aliphatic rings. The van der Waals surface area contributed by atoms with Crippen molar-refractivity contribution < 1.29 is 22.8 Å². The smallest absolute Gasteiger partial charge is 0.341 e. The molecule has 0 N–H and O–H groups in total. The van der Waals surface area contributed by atoms with Crippen LogP contribution in [0.2, 0.25) is 0 Å². The number of esters is 1. The molecule has 0 amide bonds. The first-order chi connectivity index (χ1) is 10.2. The van der Waals surface area contributed by atoms with Crippen molar-refractivity contribution in [3.05, 3.63) is 59.9 Å². The first kappa shape index (κ1) is 13.0. The zero-order valence-corrected chi connectivity index (χ0v) is 10.7. The van der Waals surface area contributed by atoms with Crippen molar-refractivity contribution >= 4 is 5.97 Å². The van der Waals surface area contributed by atoms with E-state index in [-0.39, 0.29) is 24.0 Å². The van der Waals surface area contributed by atoms with Gasteiger partial charge in [-0.2, -0.15) is 0 Å². The van der Waals surface area contributed by atoms with Crippen molar-refractivity contribution in [2.75, 3.05) is 0 Å². The lowest BCUT2D eigenvalue weighted by Crippen LogP contribution is -2.07. The lowest BCUT2D eigenvalue weighted by Gasteiger charge is -2.02. The molecule has 6 nitrogen and oxygen atoms in total. The third-order valence-electron chi connectivity index (χ3n) is 2.62. The summed E-state index contributed by atoms with van der Waals surface area (Å²) in [4.78, 5) is 11.7. The van der Waals surface area contributed by atoms with Crippen molar-refractivity contribution in [1.29, 1.82) is 0 Å². The van der Waals surface area contributed by atoms with Gasteiger partial charge in [-0.15, -0.1) is 10.2 Å². The van der Waals surface area contributed by atoms with E-state index in [4.69, 9.17) is 13.6 Å². The van der Waals surface area contributed by atoms with Gasteiger partial charge in [0.2, 0.25) is 0 Å². The second-order valence-corrected chi connectivity index (χ2v) is 4.03. The lowest BCUT2D eigenvalue weighted by atomic mass is 10.2. The summed E-state index contributed by atoms with van der Waals surface area (Å²) < 4.78 is 28.7. The van der Waals surface area contributed by atoms with E-state index in [1.807, 2.05) is 0 Å². The normalized spacial score (nSPS) is 10.5. The quantitative estimate of drug-likeness (QED) is 0.687. The minimum atomic E-state index is -0.800. The summed E-state index contributed by atoms with van der Waals surface area (Å²) in [6.45, 7) is -0.249. The molecule has 7 heteroatoms. The predicted molar refractivity (Wildman–Crippen MR) is 67.5 cm³/mol.